The van der Waals surface area contributed by atoms with Crippen molar-refractivity contribution >= 4 is 35.3 Å². The third-order valence-corrected chi connectivity index (χ3v) is 8.24. The number of hydrogen-bond acceptors (Lipinski definition) is 6. The van der Waals surface area contributed by atoms with Crippen molar-refractivity contribution in [2.24, 2.45) is 5.14 Å². The van der Waals surface area contributed by atoms with Crippen molar-refractivity contribution in [1.82, 2.24) is 14.7 Å². The summed E-state index contributed by atoms with van der Waals surface area (Å²) in [6.07, 6.45) is 9.07. The first-order valence-corrected chi connectivity index (χ1v) is 17.0. The molecule has 0 amide bonds. The molecular formula is C30H41FMnN5O2S3-3. The number of unbranched alkanes of at least 4 members (excludes halogenated alkanes) is 6. The summed E-state index contributed by atoms with van der Waals surface area (Å²) >= 11 is 10.1. The Kier molecular flexibility index (Phi) is 17.4. The van der Waals surface area contributed by atoms with Crippen LogP contribution in [0.25, 0.3) is 22.3 Å². The Hall–Kier alpha value is -1.37. The summed E-state index contributed by atoms with van der Waals surface area (Å²) < 4.78 is 38.7. The zero-order valence-electron chi connectivity index (χ0n) is 24.0. The molecule has 1 aromatic heterocycles. The summed E-state index contributed by atoms with van der Waals surface area (Å²) in [4.78, 5) is 2.47. The average Bonchev–Trinajstić information content (AvgIpc) is 3.38. The van der Waals surface area contributed by atoms with E-state index in [-0.39, 0.29) is 27.8 Å². The first kappa shape index (κ1) is 36.8. The number of rotatable bonds is 20. The molecule has 12 heteroatoms. The van der Waals surface area contributed by atoms with Gasteiger partial charge in [-0.05, 0) is 93.5 Å². The number of nitrogens with two attached hydrogens (primary N) is 1. The minimum Gasteiger partial charge on any atom is -0.794 e. The Labute approximate surface area is 272 Å². The van der Waals surface area contributed by atoms with Gasteiger partial charge >= 0.3 is 0 Å². The normalized spacial score (nSPS) is 11.6. The molecular weight excluding hydrogens is 633 g/mol. The van der Waals surface area contributed by atoms with Crippen LogP contribution in [0.5, 0.6) is 0 Å². The summed E-state index contributed by atoms with van der Waals surface area (Å²) in [5.41, 5.74) is 3.31. The number of hydrogen-bond donors (Lipinski definition) is 1. The maximum Gasteiger partial charge on any atom is 0.238 e. The number of primary sulfonamides is 1. The molecule has 0 spiro atoms. The summed E-state index contributed by atoms with van der Waals surface area (Å²) in [6.45, 7) is 4.64. The molecule has 0 unspecified atom stereocenters. The van der Waals surface area contributed by atoms with E-state index in [9.17, 15) is 12.8 Å². The molecule has 0 aliphatic heterocycles. The zero-order valence-corrected chi connectivity index (χ0v) is 27.6. The number of halogens is 1. The molecule has 3 aromatic rings. The fraction of sp³-hybridized carbons (Fsp3) is 0.500. The molecule has 1 radical (unpaired) electrons. The van der Waals surface area contributed by atoms with Crippen LogP contribution in [0, 0.1) is 5.82 Å². The van der Waals surface area contributed by atoms with Crippen LogP contribution in [-0.4, -0.2) is 67.3 Å². The van der Waals surface area contributed by atoms with E-state index in [1.54, 1.807) is 28.9 Å². The van der Waals surface area contributed by atoms with Gasteiger partial charge in [0.25, 0.3) is 0 Å². The molecule has 2 N–H and O–H groups in total. The average molecular weight is 674 g/mol. The van der Waals surface area contributed by atoms with Crippen molar-refractivity contribution < 1.29 is 29.9 Å². The van der Waals surface area contributed by atoms with E-state index in [0.717, 1.165) is 74.7 Å². The Morgan fingerprint density at radius 3 is 2.10 bits per heavy atom. The van der Waals surface area contributed by atoms with Gasteiger partial charge in [-0.25, -0.2) is 22.6 Å². The van der Waals surface area contributed by atoms with E-state index in [1.165, 1.54) is 56.4 Å². The Bertz CT molecular complexity index is 1280. The topological polar surface area (TPSA) is 95.3 Å². The first-order valence-electron chi connectivity index (χ1n) is 14.3. The predicted octanol–water partition coefficient (Wildman–Crippen LogP) is 5.37. The minimum absolute atomic E-state index is 0. The molecule has 0 aliphatic carbocycles. The molecule has 0 fully saturated rings. The van der Waals surface area contributed by atoms with Crippen LogP contribution >= 0.6 is 0 Å². The summed E-state index contributed by atoms with van der Waals surface area (Å²) in [5, 5.41) is 14.5. The van der Waals surface area contributed by atoms with Crippen molar-refractivity contribution in [2.45, 2.75) is 56.3 Å². The molecule has 0 saturated heterocycles. The third-order valence-electron chi connectivity index (χ3n) is 6.95. The SMILES string of the molecule is NS(=O)(=O)c1ccc(-n2nc(CCCCCCCCCN(CC[S-])CC[N-]CC[S-])cc2-c2ccc(F)cc2)cc1.[Mn]. The quantitative estimate of drug-likeness (QED) is 0.0986. The third kappa shape index (κ3) is 12.7. The van der Waals surface area contributed by atoms with Crippen molar-refractivity contribution in [1.29, 1.82) is 0 Å². The van der Waals surface area contributed by atoms with Gasteiger partial charge in [0.05, 0.1) is 22.0 Å². The van der Waals surface area contributed by atoms with Crippen molar-refractivity contribution in [2.75, 3.05) is 44.2 Å². The Morgan fingerprint density at radius 2 is 1.48 bits per heavy atom. The molecule has 0 saturated carbocycles. The Balaban J connectivity index is 0.00000616. The van der Waals surface area contributed by atoms with Crippen LogP contribution in [0.2, 0.25) is 0 Å². The van der Waals surface area contributed by atoms with Gasteiger partial charge in [0, 0.05) is 22.6 Å². The van der Waals surface area contributed by atoms with Crippen LogP contribution in [-0.2, 0) is 58.8 Å². The van der Waals surface area contributed by atoms with E-state index in [2.05, 4.69) is 10.2 Å². The monoisotopic (exact) mass is 673 g/mol. The van der Waals surface area contributed by atoms with Crippen LogP contribution in [0.1, 0.15) is 50.6 Å². The Morgan fingerprint density at radius 1 is 0.833 bits per heavy atom. The van der Waals surface area contributed by atoms with Gasteiger partial charge in [-0.15, -0.1) is 6.54 Å². The first-order chi connectivity index (χ1) is 19.8. The molecule has 1 heterocycles. The molecule has 0 bridgehead atoms. The largest absolute Gasteiger partial charge is 0.794 e. The predicted molar refractivity (Wildman–Crippen MR) is 170 cm³/mol. The number of benzene rings is 2. The molecule has 42 heavy (non-hydrogen) atoms. The van der Waals surface area contributed by atoms with Crippen molar-refractivity contribution in [3.8, 4) is 16.9 Å². The molecule has 2 aromatic carbocycles. The standard InChI is InChI=1S/C30H43FN5O2S3.Mn/c31-26-11-9-25(10-12-26)30-24-27(34-36(30)28-13-15-29(16-14-28)41(32,37)38)8-6-4-2-1-3-5-7-19-35(21-23-40)20-17-33-18-22-39;/h9-16,24,39-40H,1-8,17-23H2,(H2,32,37,38);/q-1;/p-2. The minimum atomic E-state index is -3.78. The van der Waals surface area contributed by atoms with Crippen molar-refractivity contribution in [3.05, 3.63) is 71.4 Å². The van der Waals surface area contributed by atoms with Crippen LogP contribution < -0.4 is 5.14 Å². The number of aromatic nitrogens is 2. The molecule has 233 valence electrons. The second kappa shape index (κ2) is 19.8. The van der Waals surface area contributed by atoms with Crippen molar-refractivity contribution in [3.63, 3.8) is 0 Å². The second-order valence-corrected chi connectivity index (χ2v) is 12.5. The van der Waals surface area contributed by atoms with Gasteiger partial charge in [0.2, 0.25) is 10.0 Å². The van der Waals surface area contributed by atoms with Crippen LogP contribution in [0.4, 0.5) is 4.39 Å². The zero-order chi connectivity index (χ0) is 29.5. The van der Waals surface area contributed by atoms with Gasteiger partial charge in [-0.1, -0.05) is 32.1 Å². The summed E-state index contributed by atoms with van der Waals surface area (Å²) in [5.74, 6) is 1.15. The van der Waals surface area contributed by atoms with E-state index in [0.29, 0.717) is 11.4 Å². The second-order valence-electron chi connectivity index (χ2n) is 10.1. The van der Waals surface area contributed by atoms with Gasteiger partial charge in [0.15, 0.2) is 0 Å². The van der Waals surface area contributed by atoms with E-state index in [1.807, 2.05) is 6.07 Å². The fourth-order valence-electron chi connectivity index (χ4n) is 4.73. The summed E-state index contributed by atoms with van der Waals surface area (Å²) in [6, 6.07) is 14.6. The molecule has 0 aliphatic rings. The summed E-state index contributed by atoms with van der Waals surface area (Å²) in [7, 11) is -3.78. The van der Waals surface area contributed by atoms with Gasteiger partial charge in [0.1, 0.15) is 5.82 Å². The number of nitrogens with zero attached hydrogens (tertiary/aromatic N) is 4. The van der Waals surface area contributed by atoms with E-state index < -0.39 is 10.0 Å². The fourth-order valence-corrected chi connectivity index (χ4v) is 5.63. The number of aryl methyl sites for hydroxylation is 1. The van der Waals surface area contributed by atoms with Gasteiger partial charge in [-0.3, -0.25) is 0 Å². The molecule has 3 rings (SSSR count). The maximum atomic E-state index is 13.6. The smallest absolute Gasteiger partial charge is 0.238 e. The van der Waals surface area contributed by atoms with Crippen LogP contribution in [0.3, 0.4) is 0 Å². The number of sulfonamides is 1. The van der Waals surface area contributed by atoms with Gasteiger partial charge in [-0.2, -0.15) is 23.1 Å². The van der Waals surface area contributed by atoms with Crippen LogP contribution in [0.15, 0.2) is 59.5 Å². The van der Waals surface area contributed by atoms with E-state index >= 15 is 0 Å². The van der Waals surface area contributed by atoms with Gasteiger partial charge < -0.3 is 35.5 Å². The maximum absolute atomic E-state index is 13.6. The molecule has 0 atom stereocenters. The van der Waals surface area contributed by atoms with E-state index in [4.69, 9.17) is 35.5 Å². The molecule has 7 nitrogen and oxygen atoms in total.